The molecule has 19 heavy (non-hydrogen) atoms. The Morgan fingerprint density at radius 3 is 2.68 bits per heavy atom. The van der Waals surface area contributed by atoms with Crippen molar-refractivity contribution < 1.29 is 0 Å². The lowest BCUT2D eigenvalue weighted by Crippen LogP contribution is -2.20. The van der Waals surface area contributed by atoms with Crippen LogP contribution in [0.1, 0.15) is 12.1 Å². The van der Waals surface area contributed by atoms with Crippen LogP contribution in [-0.4, -0.2) is 30.1 Å². The van der Waals surface area contributed by atoms with E-state index >= 15 is 0 Å². The molecule has 0 amide bonds. The molecule has 0 aliphatic rings. The first-order chi connectivity index (χ1) is 9.25. The maximum atomic E-state index is 4.18. The van der Waals surface area contributed by atoms with Crippen molar-refractivity contribution in [2.45, 2.75) is 13.3 Å². The molecular weight excluding hydrogens is 236 g/mol. The highest BCUT2D eigenvalue weighted by molar-refractivity contribution is 5.44. The molecule has 1 heterocycles. The quantitative estimate of drug-likeness (QED) is 0.807. The number of aromatic nitrogens is 2. The predicted octanol–water partition coefficient (Wildman–Crippen LogP) is 2.72. The molecule has 0 aliphatic heterocycles. The van der Waals surface area contributed by atoms with Crippen LogP contribution in [0.4, 0.5) is 11.5 Å². The largest absolute Gasteiger partial charge is 0.375 e. The molecule has 0 fully saturated rings. The van der Waals surface area contributed by atoms with Crippen LogP contribution in [0.25, 0.3) is 0 Å². The molecule has 0 saturated carbocycles. The molecule has 1 N–H and O–H groups in total. The van der Waals surface area contributed by atoms with Crippen LogP contribution in [0.2, 0.25) is 0 Å². The maximum absolute atomic E-state index is 4.18. The van der Waals surface area contributed by atoms with Gasteiger partial charge in [-0.3, -0.25) is 0 Å². The average Bonchev–Trinajstić information content (AvgIpc) is 2.44. The van der Waals surface area contributed by atoms with Gasteiger partial charge in [-0.1, -0.05) is 18.2 Å². The van der Waals surface area contributed by atoms with E-state index in [-0.39, 0.29) is 0 Å². The molecule has 2 aromatic rings. The smallest absolute Gasteiger partial charge is 0.129 e. The third kappa shape index (κ3) is 4.25. The van der Waals surface area contributed by atoms with E-state index in [1.807, 2.05) is 19.1 Å². The van der Waals surface area contributed by atoms with Gasteiger partial charge < -0.3 is 10.2 Å². The molecule has 0 saturated heterocycles. The van der Waals surface area contributed by atoms with Gasteiger partial charge in [0.25, 0.3) is 0 Å². The summed E-state index contributed by atoms with van der Waals surface area (Å²) in [5.41, 5.74) is 2.24. The van der Waals surface area contributed by atoms with E-state index in [2.05, 4.69) is 51.5 Å². The highest BCUT2D eigenvalue weighted by Gasteiger charge is 1.99. The molecule has 0 bridgehead atoms. The van der Waals surface area contributed by atoms with Crippen LogP contribution in [0.15, 0.2) is 42.7 Å². The maximum Gasteiger partial charge on any atom is 0.129 e. The molecule has 0 atom stereocenters. The minimum absolute atomic E-state index is 0.898. The van der Waals surface area contributed by atoms with Crippen LogP contribution in [0.5, 0.6) is 0 Å². The predicted molar refractivity (Wildman–Crippen MR) is 79.6 cm³/mol. The van der Waals surface area contributed by atoms with E-state index in [9.17, 15) is 0 Å². The van der Waals surface area contributed by atoms with Gasteiger partial charge in [-0.15, -0.1) is 0 Å². The zero-order valence-corrected chi connectivity index (χ0v) is 11.5. The van der Waals surface area contributed by atoms with Crippen LogP contribution >= 0.6 is 0 Å². The van der Waals surface area contributed by atoms with E-state index in [0.717, 1.165) is 31.0 Å². The van der Waals surface area contributed by atoms with E-state index in [1.54, 1.807) is 6.33 Å². The fraction of sp³-hybridized carbons (Fsp3) is 0.333. The van der Waals surface area contributed by atoms with Gasteiger partial charge in [-0.05, 0) is 25.5 Å². The van der Waals surface area contributed by atoms with Crippen molar-refractivity contribution in [2.75, 3.05) is 30.4 Å². The second kappa shape index (κ2) is 6.73. The molecule has 1 aromatic carbocycles. The number of benzene rings is 1. The monoisotopic (exact) mass is 256 g/mol. The molecule has 0 aliphatic carbocycles. The summed E-state index contributed by atoms with van der Waals surface area (Å²) in [4.78, 5) is 10.5. The van der Waals surface area contributed by atoms with Gasteiger partial charge in [0.15, 0.2) is 0 Å². The number of para-hydroxylation sites is 1. The highest BCUT2D eigenvalue weighted by atomic mass is 15.1. The molecule has 100 valence electrons. The van der Waals surface area contributed by atoms with Crippen LogP contribution in [0.3, 0.4) is 0 Å². The molecular formula is C15H20N4. The van der Waals surface area contributed by atoms with Crippen molar-refractivity contribution in [3.63, 3.8) is 0 Å². The summed E-state index contributed by atoms with van der Waals surface area (Å²) in [7, 11) is 2.12. The number of rotatable bonds is 6. The van der Waals surface area contributed by atoms with Crippen LogP contribution in [0, 0.1) is 6.92 Å². The van der Waals surface area contributed by atoms with Crippen molar-refractivity contribution in [3.05, 3.63) is 48.4 Å². The second-order valence-electron chi connectivity index (χ2n) is 4.58. The van der Waals surface area contributed by atoms with Crippen molar-refractivity contribution >= 4 is 11.5 Å². The summed E-state index contributed by atoms with van der Waals surface area (Å²) < 4.78 is 0. The van der Waals surface area contributed by atoms with Crippen molar-refractivity contribution in [3.8, 4) is 0 Å². The first kappa shape index (κ1) is 13.3. The Balaban J connectivity index is 1.72. The minimum Gasteiger partial charge on any atom is -0.375 e. The molecule has 0 spiro atoms. The molecule has 0 radical (unpaired) electrons. The number of nitrogens with one attached hydrogen (secondary N) is 1. The van der Waals surface area contributed by atoms with Crippen LogP contribution in [-0.2, 0) is 0 Å². The third-order valence-corrected chi connectivity index (χ3v) is 2.98. The Morgan fingerprint density at radius 1 is 1.16 bits per heavy atom. The lowest BCUT2D eigenvalue weighted by molar-refractivity contribution is 0.813. The number of aryl methyl sites for hydroxylation is 1. The molecule has 0 unspecified atom stereocenters. The van der Waals surface area contributed by atoms with Crippen LogP contribution < -0.4 is 10.2 Å². The first-order valence-electron chi connectivity index (χ1n) is 6.54. The lowest BCUT2D eigenvalue weighted by Gasteiger charge is -2.19. The fourth-order valence-corrected chi connectivity index (χ4v) is 1.90. The van der Waals surface area contributed by atoms with Gasteiger partial charge in [-0.25, -0.2) is 9.97 Å². The van der Waals surface area contributed by atoms with Gasteiger partial charge in [-0.2, -0.15) is 0 Å². The Kier molecular flexibility index (Phi) is 4.72. The van der Waals surface area contributed by atoms with Crippen molar-refractivity contribution in [2.24, 2.45) is 0 Å². The summed E-state index contributed by atoms with van der Waals surface area (Å²) in [6, 6.07) is 12.4. The molecule has 2 rings (SSSR count). The highest BCUT2D eigenvalue weighted by Crippen LogP contribution is 2.11. The molecule has 4 nitrogen and oxygen atoms in total. The Bertz CT molecular complexity index is 499. The zero-order chi connectivity index (χ0) is 13.5. The topological polar surface area (TPSA) is 41.0 Å². The summed E-state index contributed by atoms with van der Waals surface area (Å²) in [6.45, 7) is 3.89. The van der Waals surface area contributed by atoms with E-state index in [1.165, 1.54) is 5.69 Å². The SMILES string of the molecule is Cc1cc(NCCCN(C)c2ccccc2)ncn1. The standard InChI is InChI=1S/C15H20N4/c1-13-11-15(18-12-17-13)16-9-6-10-19(2)14-7-4-3-5-8-14/h3-5,7-8,11-12H,6,9-10H2,1-2H3,(H,16,17,18). The second-order valence-corrected chi connectivity index (χ2v) is 4.58. The van der Waals surface area contributed by atoms with E-state index in [4.69, 9.17) is 0 Å². The van der Waals surface area contributed by atoms with Gasteiger partial charge in [0.05, 0.1) is 0 Å². The first-order valence-corrected chi connectivity index (χ1v) is 6.54. The molecule has 4 heteroatoms. The summed E-state index contributed by atoms with van der Waals surface area (Å²) >= 11 is 0. The Morgan fingerprint density at radius 2 is 1.95 bits per heavy atom. The average molecular weight is 256 g/mol. The van der Waals surface area contributed by atoms with Gasteiger partial charge in [0.2, 0.25) is 0 Å². The molecule has 1 aromatic heterocycles. The third-order valence-electron chi connectivity index (χ3n) is 2.98. The lowest BCUT2D eigenvalue weighted by atomic mass is 10.3. The normalized spacial score (nSPS) is 10.2. The Labute approximate surface area is 114 Å². The number of hydrogen-bond acceptors (Lipinski definition) is 4. The van der Waals surface area contributed by atoms with Gasteiger partial charge in [0.1, 0.15) is 12.1 Å². The Hall–Kier alpha value is -2.10. The zero-order valence-electron chi connectivity index (χ0n) is 11.5. The minimum atomic E-state index is 0.898. The fourth-order valence-electron chi connectivity index (χ4n) is 1.90. The summed E-state index contributed by atoms with van der Waals surface area (Å²) in [6.07, 6.45) is 2.65. The number of anilines is 2. The van der Waals surface area contributed by atoms with Crippen molar-refractivity contribution in [1.29, 1.82) is 0 Å². The van der Waals surface area contributed by atoms with Crippen molar-refractivity contribution in [1.82, 2.24) is 9.97 Å². The summed E-state index contributed by atoms with van der Waals surface area (Å²) in [5.74, 6) is 0.898. The van der Waals surface area contributed by atoms with E-state index in [0.29, 0.717) is 0 Å². The number of nitrogens with zero attached hydrogens (tertiary/aromatic N) is 3. The van der Waals surface area contributed by atoms with Gasteiger partial charge in [0, 0.05) is 37.6 Å². The summed E-state index contributed by atoms with van der Waals surface area (Å²) in [5, 5.41) is 3.31. The van der Waals surface area contributed by atoms with E-state index < -0.39 is 0 Å². The van der Waals surface area contributed by atoms with Gasteiger partial charge >= 0.3 is 0 Å². The number of hydrogen-bond donors (Lipinski definition) is 1.